The average molecular weight is 249 g/mol. The molecule has 0 saturated carbocycles. The fourth-order valence-electron chi connectivity index (χ4n) is 0.653. The molecule has 0 rings (SSSR count). The molecule has 0 amide bonds. The number of carboxylic acid groups (broad SMARTS) is 1. The summed E-state index contributed by atoms with van der Waals surface area (Å²) in [7, 11) is 0. The van der Waals surface area contributed by atoms with Crippen LogP contribution in [-0.4, -0.2) is 41.7 Å². The van der Waals surface area contributed by atoms with Gasteiger partial charge in [0.2, 0.25) is 0 Å². The van der Waals surface area contributed by atoms with Crippen molar-refractivity contribution in [1.29, 1.82) is 0 Å². The number of rotatable bonds is 8. The molecule has 6 heteroatoms. The van der Waals surface area contributed by atoms with Crippen LogP contribution in [0.15, 0.2) is 0 Å². The molecule has 0 bridgehead atoms. The van der Waals surface area contributed by atoms with Gasteiger partial charge in [-0.2, -0.15) is 11.8 Å². The van der Waals surface area contributed by atoms with E-state index in [0.29, 0.717) is 25.7 Å². The Labute approximate surface area is 99.8 Å². The van der Waals surface area contributed by atoms with E-state index in [4.69, 9.17) is 10.8 Å². The summed E-state index contributed by atoms with van der Waals surface area (Å²) in [6.07, 6.45) is 5.85. The Morgan fingerprint density at radius 3 is 2.19 bits per heavy atom. The van der Waals surface area contributed by atoms with Gasteiger partial charge in [-0.25, -0.2) is 0 Å². The predicted octanol–water partition coefficient (Wildman–Crippen LogP) is 0.706. The number of carbonyl (C=O) groups is 3. The molecule has 0 aliphatic heterocycles. The summed E-state index contributed by atoms with van der Waals surface area (Å²) >= 11 is 1.60. The van der Waals surface area contributed by atoms with Crippen LogP contribution in [-0.2, 0) is 14.4 Å². The molecule has 1 unspecified atom stereocenters. The first-order chi connectivity index (χ1) is 7.59. The summed E-state index contributed by atoms with van der Waals surface area (Å²) in [5.41, 5.74) is 5.19. The second kappa shape index (κ2) is 14.1. The zero-order valence-corrected chi connectivity index (χ0v) is 10.2. The van der Waals surface area contributed by atoms with Gasteiger partial charge >= 0.3 is 5.97 Å². The standard InChI is InChI=1S/C5H11NO2S.C5H8O2/c1-9-3-2-4(6)5(7)8;6-4-2-1-3-5-7/h4H,2-3,6H2,1H3,(H,7,8);4-5H,1-3H2. The number of hydrogen-bond acceptors (Lipinski definition) is 5. The zero-order chi connectivity index (χ0) is 12.8. The van der Waals surface area contributed by atoms with Gasteiger partial charge in [0.05, 0.1) is 0 Å². The largest absolute Gasteiger partial charge is 0.480 e. The van der Waals surface area contributed by atoms with Crippen LogP contribution >= 0.6 is 11.8 Å². The number of carbonyl (C=O) groups excluding carboxylic acids is 2. The maximum absolute atomic E-state index is 10.1. The van der Waals surface area contributed by atoms with Crippen molar-refractivity contribution in [3.05, 3.63) is 0 Å². The highest BCUT2D eigenvalue weighted by atomic mass is 32.2. The summed E-state index contributed by atoms with van der Waals surface area (Å²) < 4.78 is 0. The van der Waals surface area contributed by atoms with Gasteiger partial charge in [-0.05, 0) is 24.9 Å². The summed E-state index contributed by atoms with van der Waals surface area (Å²) in [5.74, 6) is -0.1000. The highest BCUT2D eigenvalue weighted by Gasteiger charge is 2.08. The minimum atomic E-state index is -0.913. The molecule has 0 radical (unpaired) electrons. The molecule has 5 nitrogen and oxygen atoms in total. The minimum absolute atomic E-state index is 0.513. The Kier molecular flexibility index (Phi) is 15.5. The van der Waals surface area contributed by atoms with Crippen molar-refractivity contribution >= 4 is 30.3 Å². The Hall–Kier alpha value is -0.880. The van der Waals surface area contributed by atoms with Crippen LogP contribution in [0.1, 0.15) is 25.7 Å². The highest BCUT2D eigenvalue weighted by Crippen LogP contribution is 1.97. The third-order valence-corrected chi connectivity index (χ3v) is 2.24. The zero-order valence-electron chi connectivity index (χ0n) is 9.43. The van der Waals surface area contributed by atoms with Crippen molar-refractivity contribution in [3.8, 4) is 0 Å². The first kappa shape index (κ1) is 17.5. The van der Waals surface area contributed by atoms with Crippen LogP contribution in [0, 0.1) is 0 Å². The lowest BCUT2D eigenvalue weighted by Gasteiger charge is -2.02. The predicted molar refractivity (Wildman–Crippen MR) is 64.6 cm³/mol. The van der Waals surface area contributed by atoms with E-state index in [0.717, 1.165) is 18.3 Å². The lowest BCUT2D eigenvalue weighted by Crippen LogP contribution is -2.30. The van der Waals surface area contributed by atoms with Crippen LogP contribution in [0.5, 0.6) is 0 Å². The van der Waals surface area contributed by atoms with E-state index in [1.165, 1.54) is 0 Å². The molecular formula is C10H19NO4S. The molecule has 0 spiro atoms. The van der Waals surface area contributed by atoms with E-state index in [1.807, 2.05) is 6.26 Å². The van der Waals surface area contributed by atoms with E-state index in [2.05, 4.69) is 0 Å². The lowest BCUT2D eigenvalue weighted by atomic mass is 10.2. The molecule has 0 aliphatic rings. The van der Waals surface area contributed by atoms with Gasteiger partial charge in [0, 0.05) is 12.8 Å². The number of hydrogen-bond donors (Lipinski definition) is 2. The molecule has 0 aromatic carbocycles. The molecular weight excluding hydrogens is 230 g/mol. The van der Waals surface area contributed by atoms with Gasteiger partial charge < -0.3 is 20.4 Å². The molecule has 3 N–H and O–H groups in total. The Morgan fingerprint density at radius 1 is 1.38 bits per heavy atom. The average Bonchev–Trinajstić information content (AvgIpc) is 2.27. The van der Waals surface area contributed by atoms with Gasteiger partial charge in [-0.1, -0.05) is 0 Å². The number of aliphatic carboxylic acids is 1. The van der Waals surface area contributed by atoms with Crippen molar-refractivity contribution in [2.45, 2.75) is 31.7 Å². The van der Waals surface area contributed by atoms with Crippen LogP contribution in [0.3, 0.4) is 0 Å². The number of unbranched alkanes of at least 4 members (excludes halogenated alkanes) is 2. The molecule has 94 valence electrons. The van der Waals surface area contributed by atoms with Crippen LogP contribution in [0.25, 0.3) is 0 Å². The monoisotopic (exact) mass is 249 g/mol. The van der Waals surface area contributed by atoms with Crippen molar-refractivity contribution in [3.63, 3.8) is 0 Å². The molecule has 16 heavy (non-hydrogen) atoms. The van der Waals surface area contributed by atoms with Crippen LogP contribution in [0.2, 0.25) is 0 Å². The molecule has 0 fully saturated rings. The molecule has 1 atom stereocenters. The topological polar surface area (TPSA) is 97.5 Å². The van der Waals surface area contributed by atoms with E-state index in [9.17, 15) is 14.4 Å². The minimum Gasteiger partial charge on any atom is -0.480 e. The number of nitrogens with two attached hydrogens (primary N) is 1. The van der Waals surface area contributed by atoms with Gasteiger partial charge in [-0.15, -0.1) is 0 Å². The SMILES string of the molecule is CSCCC(N)C(=O)O.O=CCCCC=O. The fourth-order valence-corrected chi connectivity index (χ4v) is 1.14. The summed E-state index contributed by atoms with van der Waals surface area (Å²) in [5, 5.41) is 8.27. The van der Waals surface area contributed by atoms with Crippen LogP contribution in [0.4, 0.5) is 0 Å². The third-order valence-electron chi connectivity index (χ3n) is 1.59. The van der Waals surface area contributed by atoms with Gasteiger partial charge in [0.1, 0.15) is 18.6 Å². The number of thioether (sulfide) groups is 1. The van der Waals surface area contributed by atoms with E-state index in [-0.39, 0.29) is 0 Å². The first-order valence-corrected chi connectivity index (χ1v) is 6.34. The van der Waals surface area contributed by atoms with Crippen molar-refractivity contribution in [1.82, 2.24) is 0 Å². The third kappa shape index (κ3) is 15.6. The Balaban J connectivity index is 0. The van der Waals surface area contributed by atoms with E-state index in [1.54, 1.807) is 11.8 Å². The first-order valence-electron chi connectivity index (χ1n) is 4.94. The van der Waals surface area contributed by atoms with Crippen molar-refractivity contribution in [2.24, 2.45) is 5.73 Å². The molecule has 0 aliphatic carbocycles. The second-order valence-corrected chi connectivity index (χ2v) is 3.98. The van der Waals surface area contributed by atoms with Crippen molar-refractivity contribution in [2.75, 3.05) is 12.0 Å². The van der Waals surface area contributed by atoms with E-state index >= 15 is 0 Å². The highest BCUT2D eigenvalue weighted by molar-refractivity contribution is 7.98. The fraction of sp³-hybridized carbons (Fsp3) is 0.700. The number of aldehydes is 2. The van der Waals surface area contributed by atoms with Crippen LogP contribution < -0.4 is 5.73 Å². The number of carboxylic acids is 1. The summed E-state index contributed by atoms with van der Waals surface area (Å²) in [6.45, 7) is 0. The molecule has 0 heterocycles. The van der Waals surface area contributed by atoms with E-state index < -0.39 is 12.0 Å². The lowest BCUT2D eigenvalue weighted by molar-refractivity contribution is -0.138. The van der Waals surface area contributed by atoms with Crippen molar-refractivity contribution < 1.29 is 19.5 Å². The normalized spacial score (nSPS) is 10.9. The molecule has 0 aromatic heterocycles. The smallest absolute Gasteiger partial charge is 0.320 e. The Morgan fingerprint density at radius 2 is 1.88 bits per heavy atom. The quantitative estimate of drug-likeness (QED) is 0.485. The second-order valence-electron chi connectivity index (χ2n) is 2.99. The maximum Gasteiger partial charge on any atom is 0.320 e. The molecule has 0 aromatic rings. The van der Waals surface area contributed by atoms with Gasteiger partial charge in [0.25, 0.3) is 0 Å². The van der Waals surface area contributed by atoms with Gasteiger partial charge in [-0.3, -0.25) is 4.79 Å². The van der Waals surface area contributed by atoms with Gasteiger partial charge in [0.15, 0.2) is 0 Å². The summed E-state index contributed by atoms with van der Waals surface area (Å²) in [6, 6.07) is -0.683. The molecule has 0 saturated heterocycles. The maximum atomic E-state index is 10.1. The Bertz CT molecular complexity index is 191. The summed E-state index contributed by atoms with van der Waals surface area (Å²) in [4.78, 5) is 29.2.